The molecule has 44 heavy (non-hydrogen) atoms. The molecule has 0 bridgehead atoms. The third kappa shape index (κ3) is 5.44. The molecule has 1 aliphatic rings. The second kappa shape index (κ2) is 11.4. The van der Waals surface area contributed by atoms with E-state index in [0.717, 1.165) is 38.5 Å². The molecule has 1 saturated heterocycles. The van der Waals surface area contributed by atoms with Crippen molar-refractivity contribution in [2.45, 2.75) is 38.2 Å². The van der Waals surface area contributed by atoms with E-state index < -0.39 is 12.2 Å². The van der Waals surface area contributed by atoms with Crippen LogP contribution in [0.3, 0.4) is 0 Å². The van der Waals surface area contributed by atoms with Gasteiger partial charge in [-0.05, 0) is 84.7 Å². The number of hydrogen-bond donors (Lipinski definition) is 2. The Morgan fingerprint density at radius 1 is 1.09 bits per heavy atom. The van der Waals surface area contributed by atoms with E-state index in [0.29, 0.717) is 37.9 Å². The zero-order valence-electron chi connectivity index (χ0n) is 23.9. The average molecular weight is 593 g/mol. The van der Waals surface area contributed by atoms with Crippen molar-refractivity contribution in [3.63, 3.8) is 0 Å². The van der Waals surface area contributed by atoms with Gasteiger partial charge in [-0.2, -0.15) is 10.1 Å². The topological polar surface area (TPSA) is 130 Å². The molecule has 10 nitrogen and oxygen atoms in total. The number of fused-ring (bicyclic) bond motifs is 2. The van der Waals surface area contributed by atoms with Crippen molar-refractivity contribution in [1.29, 1.82) is 0 Å². The minimum absolute atomic E-state index is 0.0297. The van der Waals surface area contributed by atoms with Crippen LogP contribution in [0.2, 0.25) is 0 Å². The highest BCUT2D eigenvalue weighted by molar-refractivity contribution is 5.82. The first-order valence-electron chi connectivity index (χ1n) is 14.5. The first-order valence-corrected chi connectivity index (χ1v) is 14.5. The number of nitrogens with zero attached hydrogens (tertiary/aromatic N) is 4. The molecule has 3 aromatic heterocycles. The second-order valence-electron chi connectivity index (χ2n) is 11.2. The molecular weight excluding hydrogens is 563 g/mol. The van der Waals surface area contributed by atoms with Gasteiger partial charge in [0, 0.05) is 41.5 Å². The Balaban J connectivity index is 1.10. The molecule has 6 aromatic rings. The second-order valence-corrected chi connectivity index (χ2v) is 11.2. The predicted molar refractivity (Wildman–Crippen MR) is 162 cm³/mol. The Kier molecular flexibility index (Phi) is 7.13. The van der Waals surface area contributed by atoms with Crippen molar-refractivity contribution < 1.29 is 18.4 Å². The summed E-state index contributed by atoms with van der Waals surface area (Å²) < 4.78 is 25.1. The number of hydrogen-bond acceptors (Lipinski definition) is 7. The van der Waals surface area contributed by atoms with Crippen LogP contribution in [0.15, 0.2) is 82.2 Å². The van der Waals surface area contributed by atoms with Gasteiger partial charge in [-0.25, -0.2) is 9.18 Å². The largest absolute Gasteiger partial charge is 0.436 e. The van der Waals surface area contributed by atoms with Crippen molar-refractivity contribution in [2.24, 2.45) is 0 Å². The zero-order valence-corrected chi connectivity index (χ0v) is 23.9. The van der Waals surface area contributed by atoms with E-state index in [2.05, 4.69) is 25.3 Å². The number of benzene rings is 3. The number of aryl methyl sites for hydroxylation is 1. The van der Waals surface area contributed by atoms with Gasteiger partial charge >= 0.3 is 6.09 Å². The fourth-order valence-electron chi connectivity index (χ4n) is 5.94. The van der Waals surface area contributed by atoms with E-state index >= 15 is 0 Å². The van der Waals surface area contributed by atoms with E-state index in [-0.39, 0.29) is 29.0 Å². The lowest BCUT2D eigenvalue weighted by molar-refractivity contribution is 0.0416. The highest BCUT2D eigenvalue weighted by Gasteiger charge is 2.31. The highest BCUT2D eigenvalue weighted by Crippen LogP contribution is 2.31. The summed E-state index contributed by atoms with van der Waals surface area (Å²) in [5.41, 5.74) is 4.87. The van der Waals surface area contributed by atoms with Gasteiger partial charge < -0.3 is 19.1 Å². The van der Waals surface area contributed by atoms with E-state index in [1.54, 1.807) is 23.2 Å². The fourth-order valence-corrected chi connectivity index (χ4v) is 5.94. The lowest BCUT2D eigenvalue weighted by atomic mass is 9.89. The number of halogens is 1. The number of para-hydroxylation sites is 1. The molecule has 1 unspecified atom stereocenters. The van der Waals surface area contributed by atoms with E-state index in [4.69, 9.17) is 9.26 Å². The van der Waals surface area contributed by atoms with Crippen LogP contribution in [0, 0.1) is 12.7 Å². The Morgan fingerprint density at radius 2 is 1.89 bits per heavy atom. The fraction of sp³-hybridized carbons (Fsp3) is 0.242. The summed E-state index contributed by atoms with van der Waals surface area (Å²) in [7, 11) is 0. The monoisotopic (exact) mass is 592 g/mol. The smallest absolute Gasteiger partial charge is 0.410 e. The normalized spacial score (nSPS) is 14.7. The number of likely N-dealkylation sites (tertiary alicyclic amines) is 1. The molecule has 4 heterocycles. The van der Waals surface area contributed by atoms with Gasteiger partial charge in [-0.3, -0.25) is 9.89 Å². The molecule has 1 aliphatic heterocycles. The van der Waals surface area contributed by atoms with Crippen LogP contribution in [-0.2, 0) is 11.2 Å². The lowest BCUT2D eigenvalue weighted by Crippen LogP contribution is -2.39. The van der Waals surface area contributed by atoms with Crippen LogP contribution >= 0.6 is 0 Å². The van der Waals surface area contributed by atoms with Crippen molar-refractivity contribution in [3.8, 4) is 11.4 Å². The number of H-pyrrole nitrogens is 2. The summed E-state index contributed by atoms with van der Waals surface area (Å²) in [6.07, 6.45) is 1.94. The number of amides is 1. The summed E-state index contributed by atoms with van der Waals surface area (Å²) in [6.45, 7) is 2.86. The molecular formula is C33H29FN6O4. The number of piperidine rings is 1. The molecule has 7 rings (SSSR count). The van der Waals surface area contributed by atoms with Gasteiger partial charge in [-0.1, -0.05) is 29.4 Å². The summed E-state index contributed by atoms with van der Waals surface area (Å²) in [4.78, 5) is 35.5. The average Bonchev–Trinajstić information content (AvgIpc) is 3.72. The van der Waals surface area contributed by atoms with Crippen LogP contribution in [0.5, 0.6) is 0 Å². The Labute approximate surface area is 250 Å². The van der Waals surface area contributed by atoms with Crippen LogP contribution < -0.4 is 5.56 Å². The van der Waals surface area contributed by atoms with E-state index in [1.807, 2.05) is 49.4 Å². The zero-order chi connectivity index (χ0) is 30.2. The van der Waals surface area contributed by atoms with Crippen LogP contribution in [0.25, 0.3) is 33.2 Å². The number of rotatable bonds is 6. The van der Waals surface area contributed by atoms with Gasteiger partial charge in [0.15, 0.2) is 6.10 Å². The van der Waals surface area contributed by atoms with Gasteiger partial charge in [0.05, 0.1) is 11.7 Å². The molecule has 3 aromatic carbocycles. The Hall–Kier alpha value is -5.32. The molecule has 11 heteroatoms. The maximum atomic E-state index is 13.5. The lowest BCUT2D eigenvalue weighted by Gasteiger charge is -2.32. The summed E-state index contributed by atoms with van der Waals surface area (Å²) in [5.74, 6) is 0.0643. The third-order valence-electron chi connectivity index (χ3n) is 8.26. The number of ether oxygens (including phenoxy) is 1. The number of aromatic amines is 2. The molecule has 1 fully saturated rings. The summed E-state index contributed by atoms with van der Waals surface area (Å²) >= 11 is 0. The Bertz CT molecular complexity index is 2020. The van der Waals surface area contributed by atoms with E-state index in [9.17, 15) is 14.0 Å². The third-order valence-corrected chi connectivity index (χ3v) is 8.26. The van der Waals surface area contributed by atoms with Gasteiger partial charge in [-0.15, -0.1) is 0 Å². The Morgan fingerprint density at radius 3 is 2.70 bits per heavy atom. The van der Waals surface area contributed by atoms with Crippen LogP contribution in [0.4, 0.5) is 9.18 Å². The SMILES string of the molecule is Cc1cc(CC(OC(=O)N2CCC(c3cc4ccccc4[nH]c3=O)CC2)c2nc(-c3ccc(F)cc3)no2)cc2cn[nH]c12. The molecule has 222 valence electrons. The predicted octanol–water partition coefficient (Wildman–Crippen LogP) is 6.20. The minimum Gasteiger partial charge on any atom is -0.436 e. The highest BCUT2D eigenvalue weighted by atomic mass is 19.1. The first-order chi connectivity index (χ1) is 21.4. The standard InChI is InChI=1S/C33H29FN6O4/c1-19-14-20(15-24-18-35-38-29(19)24)16-28(32-37-30(39-44-32)22-6-8-25(34)9-7-22)43-33(42)40-12-10-21(11-13-40)26-17-23-4-2-3-5-27(23)36-31(26)41/h2-9,14-15,17-18,21,28H,10-13,16H2,1H3,(H,35,38)(H,36,41). The number of carbonyl (C=O) groups excluding carboxylic acids is 1. The van der Waals surface area contributed by atoms with E-state index in [1.165, 1.54) is 12.1 Å². The number of aromatic nitrogens is 5. The van der Waals surface area contributed by atoms with Crippen LogP contribution in [-0.4, -0.2) is 49.4 Å². The van der Waals surface area contributed by atoms with Crippen molar-refractivity contribution in [2.75, 3.05) is 13.1 Å². The maximum absolute atomic E-state index is 13.5. The van der Waals surface area contributed by atoms with Crippen molar-refractivity contribution >= 4 is 27.9 Å². The first kappa shape index (κ1) is 27.5. The quantitative estimate of drug-likeness (QED) is 0.235. The molecule has 0 aliphatic carbocycles. The van der Waals surface area contributed by atoms with Crippen molar-refractivity contribution in [1.82, 2.24) is 30.2 Å². The molecule has 0 radical (unpaired) electrons. The number of pyridine rings is 1. The summed E-state index contributed by atoms with van der Waals surface area (Å²) in [5, 5.41) is 13.1. The molecule has 1 atom stereocenters. The molecule has 0 saturated carbocycles. The number of carbonyl (C=O) groups is 1. The van der Waals surface area contributed by atoms with Gasteiger partial charge in [0.25, 0.3) is 11.4 Å². The summed E-state index contributed by atoms with van der Waals surface area (Å²) in [6, 6.07) is 19.4. The van der Waals surface area contributed by atoms with Gasteiger partial charge in [0.2, 0.25) is 5.82 Å². The van der Waals surface area contributed by atoms with Crippen LogP contribution in [0.1, 0.15) is 47.4 Å². The van der Waals surface area contributed by atoms with Gasteiger partial charge in [0.1, 0.15) is 5.82 Å². The minimum atomic E-state index is -0.867. The number of nitrogens with one attached hydrogen (secondary N) is 2. The molecule has 2 N–H and O–H groups in total. The molecule has 0 spiro atoms. The molecule has 1 amide bonds. The maximum Gasteiger partial charge on any atom is 0.410 e. The van der Waals surface area contributed by atoms with Crippen molar-refractivity contribution in [3.05, 3.63) is 112 Å².